The molecule has 1 atom stereocenters. The zero-order valence-corrected chi connectivity index (χ0v) is 12.3. The second-order valence-electron chi connectivity index (χ2n) is 4.72. The zero-order chi connectivity index (χ0) is 12.0. The molecule has 4 nitrogen and oxygen atoms in total. The summed E-state index contributed by atoms with van der Waals surface area (Å²) < 4.78 is 1.22. The van der Waals surface area contributed by atoms with Gasteiger partial charge in [0.25, 0.3) is 0 Å². The minimum atomic E-state index is -0.602. The van der Waals surface area contributed by atoms with E-state index >= 15 is 0 Å². The number of anilines is 1. The van der Waals surface area contributed by atoms with Crippen LogP contribution in [-0.2, 0) is 5.66 Å². The Bertz CT molecular complexity index is 478. The molecule has 1 aromatic rings. The minimum Gasteiger partial charge on any atom is -0.370 e. The number of guanidine groups is 1. The van der Waals surface area contributed by atoms with Gasteiger partial charge in [-0.25, -0.2) is 4.99 Å². The van der Waals surface area contributed by atoms with Crippen LogP contribution in [0, 0.1) is 8.80 Å². The van der Waals surface area contributed by atoms with Crippen molar-refractivity contribution in [3.05, 3.63) is 13.8 Å². The Labute approximate surface area is 118 Å². The van der Waals surface area contributed by atoms with Gasteiger partial charge in [0, 0.05) is 5.92 Å². The Morgan fingerprint density at radius 3 is 2.88 bits per heavy atom. The lowest BCUT2D eigenvalue weighted by atomic mass is 9.89. The van der Waals surface area contributed by atoms with Crippen LogP contribution in [0.15, 0.2) is 11.1 Å². The van der Waals surface area contributed by atoms with E-state index in [9.17, 15) is 0 Å². The molecule has 1 unspecified atom stereocenters. The van der Waals surface area contributed by atoms with Gasteiger partial charge in [0.15, 0.2) is 11.6 Å². The van der Waals surface area contributed by atoms with Gasteiger partial charge < -0.3 is 16.8 Å². The summed E-state index contributed by atoms with van der Waals surface area (Å²) in [5.41, 5.74) is 12.9. The van der Waals surface area contributed by atoms with Crippen LogP contribution in [0.1, 0.15) is 30.6 Å². The summed E-state index contributed by atoms with van der Waals surface area (Å²) in [6.45, 7) is 0. The molecule has 1 fully saturated rings. The molecule has 5 N–H and O–H groups in total. The van der Waals surface area contributed by atoms with E-state index in [1.165, 1.54) is 15.7 Å². The summed E-state index contributed by atoms with van der Waals surface area (Å²) in [5.74, 6) is 0.873. The second-order valence-corrected chi connectivity index (χ2v) is 7.67. The first kappa shape index (κ1) is 11.7. The van der Waals surface area contributed by atoms with Gasteiger partial charge in [-0.3, -0.25) is 0 Å². The third-order valence-electron chi connectivity index (χ3n) is 3.61. The smallest absolute Gasteiger partial charge is 0.195 e. The molecule has 0 amide bonds. The van der Waals surface area contributed by atoms with Crippen molar-refractivity contribution in [1.29, 1.82) is 0 Å². The average Bonchev–Trinajstić information content (AvgIpc) is 2.85. The molecular formula is C11H15IN4S. The van der Waals surface area contributed by atoms with Crippen LogP contribution in [-0.4, -0.2) is 5.96 Å². The predicted octanol–water partition coefficient (Wildman–Crippen LogP) is 2.39. The summed E-state index contributed by atoms with van der Waals surface area (Å²) in [5, 5.41) is 3.11. The highest BCUT2D eigenvalue weighted by atomic mass is 127. The quantitative estimate of drug-likeness (QED) is 0.672. The lowest BCUT2D eigenvalue weighted by molar-refractivity contribution is 0.296. The maximum Gasteiger partial charge on any atom is 0.195 e. The Kier molecular flexibility index (Phi) is 2.83. The van der Waals surface area contributed by atoms with E-state index in [0.717, 1.165) is 23.4 Å². The number of hydrogen-bond acceptors (Lipinski definition) is 5. The third kappa shape index (κ3) is 1.86. The zero-order valence-electron chi connectivity index (χ0n) is 9.37. The highest BCUT2D eigenvalue weighted by molar-refractivity contribution is 14.1. The summed E-state index contributed by atoms with van der Waals surface area (Å²) >= 11 is 4.04. The number of nitrogens with zero attached hydrogens (tertiary/aromatic N) is 1. The lowest BCUT2D eigenvalue weighted by Gasteiger charge is -2.34. The maximum atomic E-state index is 6.58. The van der Waals surface area contributed by atoms with Gasteiger partial charge >= 0.3 is 0 Å². The molecule has 2 aliphatic rings. The number of thiophene rings is 1. The maximum absolute atomic E-state index is 6.58. The van der Waals surface area contributed by atoms with Crippen molar-refractivity contribution < 1.29 is 0 Å². The molecule has 0 bridgehead atoms. The largest absolute Gasteiger partial charge is 0.370 e. The van der Waals surface area contributed by atoms with E-state index in [1.54, 1.807) is 11.3 Å². The molecular weight excluding hydrogens is 347 g/mol. The standard InChI is InChI=1S/C11H15IN4S/c12-8-5-7-9(17-8)11(14,16-10(13)15-7)6-3-1-2-4-6/h5-6H,1-4,14H2,(H3,13,15,16). The fourth-order valence-electron chi connectivity index (χ4n) is 2.81. The first-order valence-electron chi connectivity index (χ1n) is 5.80. The first-order valence-corrected chi connectivity index (χ1v) is 7.70. The summed E-state index contributed by atoms with van der Waals surface area (Å²) in [6, 6.07) is 2.10. The van der Waals surface area contributed by atoms with Gasteiger partial charge in [-0.1, -0.05) is 12.8 Å². The van der Waals surface area contributed by atoms with Crippen LogP contribution in [0.5, 0.6) is 0 Å². The molecule has 92 valence electrons. The fraction of sp³-hybridized carbons (Fsp3) is 0.545. The molecule has 1 saturated carbocycles. The van der Waals surface area contributed by atoms with Gasteiger partial charge in [-0.15, -0.1) is 11.3 Å². The van der Waals surface area contributed by atoms with Crippen LogP contribution >= 0.6 is 33.9 Å². The molecule has 3 rings (SSSR count). The Balaban J connectivity index is 2.09. The van der Waals surface area contributed by atoms with Crippen molar-refractivity contribution in [2.24, 2.45) is 22.4 Å². The van der Waals surface area contributed by atoms with Crippen molar-refractivity contribution in [1.82, 2.24) is 0 Å². The van der Waals surface area contributed by atoms with Gasteiger partial charge in [0.1, 0.15) is 0 Å². The molecule has 0 spiro atoms. The summed E-state index contributed by atoms with van der Waals surface area (Å²) in [7, 11) is 0. The van der Waals surface area contributed by atoms with Crippen molar-refractivity contribution >= 4 is 45.6 Å². The molecule has 1 aromatic heterocycles. The first-order chi connectivity index (χ1) is 8.09. The van der Waals surface area contributed by atoms with Gasteiger partial charge in [0.05, 0.1) is 13.4 Å². The topological polar surface area (TPSA) is 76.4 Å². The molecule has 0 saturated heterocycles. The van der Waals surface area contributed by atoms with Crippen molar-refractivity contribution in [3.63, 3.8) is 0 Å². The number of rotatable bonds is 1. The van der Waals surface area contributed by atoms with E-state index in [0.29, 0.717) is 11.9 Å². The molecule has 0 aromatic carbocycles. The normalized spacial score (nSPS) is 28.7. The van der Waals surface area contributed by atoms with Crippen molar-refractivity contribution in [2.75, 3.05) is 5.32 Å². The van der Waals surface area contributed by atoms with Crippen molar-refractivity contribution in [3.8, 4) is 0 Å². The SMILES string of the molecule is NC1=NC(N)(C2CCCC2)c2sc(I)cc2N1. The monoisotopic (exact) mass is 362 g/mol. The predicted molar refractivity (Wildman–Crippen MR) is 80.1 cm³/mol. The third-order valence-corrected chi connectivity index (χ3v) is 5.65. The van der Waals surface area contributed by atoms with E-state index in [4.69, 9.17) is 11.5 Å². The highest BCUT2D eigenvalue weighted by Gasteiger charge is 2.43. The van der Waals surface area contributed by atoms with Crippen molar-refractivity contribution in [2.45, 2.75) is 31.3 Å². The number of fused-ring (bicyclic) bond motifs is 1. The molecule has 17 heavy (non-hydrogen) atoms. The molecule has 2 heterocycles. The van der Waals surface area contributed by atoms with E-state index in [-0.39, 0.29) is 0 Å². The Morgan fingerprint density at radius 1 is 1.47 bits per heavy atom. The van der Waals surface area contributed by atoms with Crippen LogP contribution in [0.3, 0.4) is 0 Å². The van der Waals surface area contributed by atoms with Gasteiger partial charge in [0.2, 0.25) is 0 Å². The average molecular weight is 362 g/mol. The number of nitrogens with one attached hydrogen (secondary N) is 1. The number of nitrogens with two attached hydrogens (primary N) is 2. The minimum absolute atomic E-state index is 0.427. The van der Waals surface area contributed by atoms with Gasteiger partial charge in [-0.2, -0.15) is 0 Å². The number of halogens is 1. The molecule has 0 radical (unpaired) electrons. The van der Waals surface area contributed by atoms with Crippen LogP contribution < -0.4 is 16.8 Å². The van der Waals surface area contributed by atoms with Crippen LogP contribution in [0.4, 0.5) is 5.69 Å². The van der Waals surface area contributed by atoms with Gasteiger partial charge in [-0.05, 0) is 41.5 Å². The Morgan fingerprint density at radius 2 is 2.18 bits per heavy atom. The van der Waals surface area contributed by atoms with Crippen LogP contribution in [0.25, 0.3) is 0 Å². The van der Waals surface area contributed by atoms with E-state index in [2.05, 4.69) is 39.0 Å². The molecule has 6 heteroatoms. The molecule has 1 aliphatic carbocycles. The van der Waals surface area contributed by atoms with Crippen LogP contribution in [0.2, 0.25) is 0 Å². The van der Waals surface area contributed by atoms with E-state index in [1.807, 2.05) is 0 Å². The molecule has 1 aliphatic heterocycles. The number of hydrogen-bond donors (Lipinski definition) is 3. The lowest BCUT2D eigenvalue weighted by Crippen LogP contribution is -2.46. The highest BCUT2D eigenvalue weighted by Crippen LogP contribution is 2.47. The fourth-order valence-corrected chi connectivity index (χ4v) is 4.75. The summed E-state index contributed by atoms with van der Waals surface area (Å²) in [4.78, 5) is 5.66. The Hall–Kier alpha value is -0.340. The summed E-state index contributed by atoms with van der Waals surface area (Å²) in [6.07, 6.45) is 4.82. The second kappa shape index (κ2) is 4.10. The van der Waals surface area contributed by atoms with E-state index < -0.39 is 5.66 Å². The number of aliphatic imine (C=N–C) groups is 1.